The second kappa shape index (κ2) is 8.43. The molecule has 1 aromatic carbocycles. The lowest BCUT2D eigenvalue weighted by Crippen LogP contribution is -2.37. The summed E-state index contributed by atoms with van der Waals surface area (Å²) in [6.45, 7) is 5.01. The molecule has 0 bridgehead atoms. The minimum Gasteiger partial charge on any atom is -0.493 e. The molecule has 0 saturated heterocycles. The van der Waals surface area contributed by atoms with Crippen molar-refractivity contribution in [2.75, 3.05) is 20.3 Å². The quantitative estimate of drug-likeness (QED) is 0.714. The van der Waals surface area contributed by atoms with Crippen molar-refractivity contribution in [1.82, 2.24) is 5.32 Å². The third kappa shape index (κ3) is 4.74. The fourth-order valence-corrected chi connectivity index (χ4v) is 1.62. The van der Waals surface area contributed by atoms with Gasteiger partial charge in [-0.25, -0.2) is 0 Å². The number of nitrogens with two attached hydrogens (primary N) is 1. The van der Waals surface area contributed by atoms with Crippen LogP contribution in [0.2, 0.25) is 0 Å². The number of nitrogens with one attached hydrogen (secondary N) is 1. The van der Waals surface area contributed by atoms with Crippen molar-refractivity contribution in [3.05, 3.63) is 23.8 Å². The molecule has 0 aliphatic carbocycles. The van der Waals surface area contributed by atoms with Gasteiger partial charge < -0.3 is 20.5 Å². The van der Waals surface area contributed by atoms with Crippen LogP contribution in [0.4, 0.5) is 0 Å². The molecule has 5 nitrogen and oxygen atoms in total. The molecular weight excluding hydrogens is 256 g/mol. The molecule has 0 unspecified atom stereocenters. The van der Waals surface area contributed by atoms with Crippen LogP contribution >= 0.6 is 0 Å². The molecule has 112 valence electrons. The van der Waals surface area contributed by atoms with Gasteiger partial charge in [-0.1, -0.05) is 13.3 Å². The lowest BCUT2D eigenvalue weighted by molar-refractivity contribution is 0.0941. The molecule has 1 amide bonds. The minimum absolute atomic E-state index is 0.0611. The Balaban J connectivity index is 2.78. The van der Waals surface area contributed by atoms with Crippen molar-refractivity contribution in [1.29, 1.82) is 0 Å². The molecule has 1 atom stereocenters. The van der Waals surface area contributed by atoms with Crippen LogP contribution in [0.1, 0.15) is 37.0 Å². The van der Waals surface area contributed by atoms with E-state index in [9.17, 15) is 4.79 Å². The Labute approximate surface area is 120 Å². The summed E-state index contributed by atoms with van der Waals surface area (Å²) in [6.07, 6.45) is 2.05. The average Bonchev–Trinajstić information content (AvgIpc) is 2.47. The number of hydrogen-bond donors (Lipinski definition) is 2. The maximum absolute atomic E-state index is 12.0. The van der Waals surface area contributed by atoms with Crippen LogP contribution in [-0.2, 0) is 0 Å². The highest BCUT2D eigenvalue weighted by Gasteiger charge is 2.12. The van der Waals surface area contributed by atoms with Crippen LogP contribution in [0.3, 0.4) is 0 Å². The standard InChI is InChI=1S/C15H24N2O3/c1-4-5-8-20-13-7-6-12(9-14(13)19-3)15(18)17-11(2)10-16/h6-7,9,11H,4-5,8,10,16H2,1-3H3,(H,17,18)/t11-/m0/s1. The van der Waals surface area contributed by atoms with Gasteiger partial charge in [-0.2, -0.15) is 0 Å². The Morgan fingerprint density at radius 2 is 2.15 bits per heavy atom. The first-order chi connectivity index (χ1) is 9.62. The van der Waals surface area contributed by atoms with Gasteiger partial charge in [-0.05, 0) is 31.5 Å². The van der Waals surface area contributed by atoms with Crippen LogP contribution in [-0.4, -0.2) is 32.2 Å². The van der Waals surface area contributed by atoms with Crippen molar-refractivity contribution < 1.29 is 14.3 Å². The third-order valence-electron chi connectivity index (χ3n) is 2.91. The maximum Gasteiger partial charge on any atom is 0.251 e. The van der Waals surface area contributed by atoms with Gasteiger partial charge >= 0.3 is 0 Å². The van der Waals surface area contributed by atoms with E-state index >= 15 is 0 Å². The van der Waals surface area contributed by atoms with E-state index in [1.54, 1.807) is 25.3 Å². The van der Waals surface area contributed by atoms with Gasteiger partial charge in [-0.15, -0.1) is 0 Å². The highest BCUT2D eigenvalue weighted by Crippen LogP contribution is 2.28. The highest BCUT2D eigenvalue weighted by atomic mass is 16.5. The molecule has 0 heterocycles. The molecular formula is C15H24N2O3. The predicted molar refractivity (Wildman–Crippen MR) is 79.4 cm³/mol. The van der Waals surface area contributed by atoms with Crippen molar-refractivity contribution in [3.8, 4) is 11.5 Å². The lowest BCUT2D eigenvalue weighted by Gasteiger charge is -2.14. The van der Waals surface area contributed by atoms with Gasteiger partial charge in [0.1, 0.15) is 0 Å². The molecule has 0 radical (unpaired) electrons. The smallest absolute Gasteiger partial charge is 0.251 e. The van der Waals surface area contributed by atoms with Crippen LogP contribution in [0.25, 0.3) is 0 Å². The zero-order valence-corrected chi connectivity index (χ0v) is 12.4. The SMILES string of the molecule is CCCCOc1ccc(C(=O)N[C@@H](C)CN)cc1OC. The summed E-state index contributed by atoms with van der Waals surface area (Å²) in [5.74, 6) is 1.06. The molecule has 3 N–H and O–H groups in total. The Kier molecular flexibility index (Phi) is 6.87. The first kappa shape index (κ1) is 16.3. The highest BCUT2D eigenvalue weighted by molar-refractivity contribution is 5.95. The van der Waals surface area contributed by atoms with Crippen LogP contribution in [0.5, 0.6) is 11.5 Å². The number of rotatable bonds is 8. The first-order valence-corrected chi connectivity index (χ1v) is 6.94. The van der Waals surface area contributed by atoms with E-state index in [1.165, 1.54) is 0 Å². The van der Waals surface area contributed by atoms with E-state index in [4.69, 9.17) is 15.2 Å². The van der Waals surface area contributed by atoms with Gasteiger partial charge in [0.25, 0.3) is 5.91 Å². The Hall–Kier alpha value is -1.75. The molecule has 20 heavy (non-hydrogen) atoms. The van der Waals surface area contributed by atoms with E-state index in [-0.39, 0.29) is 11.9 Å². The van der Waals surface area contributed by atoms with Crippen molar-refractivity contribution >= 4 is 5.91 Å². The number of carbonyl (C=O) groups excluding carboxylic acids is 1. The van der Waals surface area contributed by atoms with Gasteiger partial charge in [0.15, 0.2) is 11.5 Å². The third-order valence-corrected chi connectivity index (χ3v) is 2.91. The number of ether oxygens (including phenoxy) is 2. The molecule has 1 rings (SSSR count). The summed E-state index contributed by atoms with van der Waals surface area (Å²) in [5.41, 5.74) is 6.02. The zero-order chi connectivity index (χ0) is 15.0. The van der Waals surface area contributed by atoms with Gasteiger partial charge in [0.2, 0.25) is 0 Å². The van der Waals surface area contributed by atoms with E-state index in [1.807, 2.05) is 6.92 Å². The normalized spacial score (nSPS) is 11.8. The minimum atomic E-state index is -0.165. The topological polar surface area (TPSA) is 73.6 Å². The monoisotopic (exact) mass is 280 g/mol. The summed E-state index contributed by atoms with van der Waals surface area (Å²) in [7, 11) is 1.56. The van der Waals surface area contributed by atoms with Gasteiger partial charge in [0.05, 0.1) is 13.7 Å². The van der Waals surface area contributed by atoms with Crippen molar-refractivity contribution in [2.45, 2.75) is 32.7 Å². The molecule has 0 spiro atoms. The fraction of sp³-hybridized carbons (Fsp3) is 0.533. The summed E-state index contributed by atoms with van der Waals surface area (Å²) < 4.78 is 10.9. The van der Waals surface area contributed by atoms with Crippen molar-refractivity contribution in [2.24, 2.45) is 5.73 Å². The molecule has 0 aliphatic heterocycles. The van der Waals surface area contributed by atoms with Gasteiger partial charge in [-0.3, -0.25) is 4.79 Å². The summed E-state index contributed by atoms with van der Waals surface area (Å²) in [4.78, 5) is 12.0. The maximum atomic E-state index is 12.0. The molecule has 5 heteroatoms. The van der Waals surface area contributed by atoms with Crippen LogP contribution in [0.15, 0.2) is 18.2 Å². The summed E-state index contributed by atoms with van der Waals surface area (Å²) in [5, 5.41) is 2.81. The van der Waals surface area contributed by atoms with Crippen LogP contribution in [0, 0.1) is 0 Å². The zero-order valence-electron chi connectivity index (χ0n) is 12.4. The van der Waals surface area contributed by atoms with Crippen molar-refractivity contribution in [3.63, 3.8) is 0 Å². The number of methoxy groups -OCH3 is 1. The molecule has 0 fully saturated rings. The van der Waals surface area contributed by atoms with E-state index in [0.717, 1.165) is 12.8 Å². The Bertz CT molecular complexity index is 435. The lowest BCUT2D eigenvalue weighted by atomic mass is 10.1. The fourth-order valence-electron chi connectivity index (χ4n) is 1.62. The molecule has 1 aromatic rings. The molecule has 0 aliphatic rings. The van der Waals surface area contributed by atoms with E-state index < -0.39 is 0 Å². The number of carbonyl (C=O) groups is 1. The number of hydrogen-bond acceptors (Lipinski definition) is 4. The second-order valence-electron chi connectivity index (χ2n) is 4.68. The Morgan fingerprint density at radius 1 is 1.40 bits per heavy atom. The second-order valence-corrected chi connectivity index (χ2v) is 4.68. The van der Waals surface area contributed by atoms with Crippen LogP contribution < -0.4 is 20.5 Å². The summed E-state index contributed by atoms with van der Waals surface area (Å²) in [6, 6.07) is 5.10. The summed E-state index contributed by atoms with van der Waals surface area (Å²) >= 11 is 0. The van der Waals surface area contributed by atoms with Gasteiger partial charge in [0, 0.05) is 18.2 Å². The number of unbranched alkanes of at least 4 members (excludes halogenated alkanes) is 1. The largest absolute Gasteiger partial charge is 0.493 e. The van der Waals surface area contributed by atoms with E-state index in [0.29, 0.717) is 30.2 Å². The Morgan fingerprint density at radius 3 is 2.75 bits per heavy atom. The predicted octanol–water partition coefficient (Wildman–Crippen LogP) is 1.95. The molecule has 0 saturated carbocycles. The average molecular weight is 280 g/mol. The number of benzene rings is 1. The first-order valence-electron chi connectivity index (χ1n) is 6.94. The number of amides is 1. The van der Waals surface area contributed by atoms with E-state index in [2.05, 4.69) is 12.2 Å². The molecule has 0 aromatic heterocycles.